The first-order valence-electron chi connectivity index (χ1n) is 6.35. The maximum atomic E-state index is 12.0. The molecule has 0 saturated carbocycles. The number of carbonyl (C=O) groups is 2. The molecule has 1 unspecified atom stereocenters. The van der Waals surface area contributed by atoms with Crippen LogP contribution >= 0.6 is 0 Å². The number of allylic oxidation sites excluding steroid dienone is 1. The highest BCUT2D eigenvalue weighted by Crippen LogP contribution is 2.42. The second-order valence-corrected chi connectivity index (χ2v) is 4.41. The van der Waals surface area contributed by atoms with Crippen molar-refractivity contribution in [3.63, 3.8) is 0 Å². The lowest BCUT2D eigenvalue weighted by Gasteiger charge is -2.24. The van der Waals surface area contributed by atoms with Gasteiger partial charge in [-0.2, -0.15) is 0 Å². The number of ether oxygens (including phenoxy) is 3. The average Bonchev–Trinajstić information content (AvgIpc) is 2.87. The molecular formula is C13H18O5. The van der Waals surface area contributed by atoms with Crippen molar-refractivity contribution in [2.75, 3.05) is 13.2 Å². The van der Waals surface area contributed by atoms with Crippen LogP contribution in [0, 0.1) is 0 Å². The summed E-state index contributed by atoms with van der Waals surface area (Å²) < 4.78 is 15.6. The SMILES string of the molecule is CCOC(=O)C1(C(=O)OCC)CC2=CCCC2O1. The fourth-order valence-corrected chi connectivity index (χ4v) is 2.45. The Morgan fingerprint density at radius 3 is 2.44 bits per heavy atom. The van der Waals surface area contributed by atoms with E-state index in [1.54, 1.807) is 13.8 Å². The predicted molar refractivity (Wildman–Crippen MR) is 62.8 cm³/mol. The second kappa shape index (κ2) is 5.10. The van der Waals surface area contributed by atoms with Gasteiger partial charge in [0.2, 0.25) is 0 Å². The molecule has 1 aliphatic carbocycles. The minimum atomic E-state index is -1.58. The van der Waals surface area contributed by atoms with Crippen LogP contribution < -0.4 is 0 Å². The zero-order valence-corrected chi connectivity index (χ0v) is 10.7. The fourth-order valence-electron chi connectivity index (χ4n) is 2.45. The van der Waals surface area contributed by atoms with E-state index in [-0.39, 0.29) is 25.7 Å². The molecule has 0 amide bonds. The minimum absolute atomic E-state index is 0.140. The normalized spacial score (nSPS) is 24.3. The first kappa shape index (κ1) is 13.1. The van der Waals surface area contributed by atoms with Gasteiger partial charge >= 0.3 is 11.9 Å². The first-order valence-corrected chi connectivity index (χ1v) is 6.35. The molecule has 0 spiro atoms. The maximum Gasteiger partial charge on any atom is 0.350 e. The summed E-state index contributed by atoms with van der Waals surface area (Å²) in [6.45, 7) is 3.83. The van der Waals surface area contributed by atoms with E-state index in [1.807, 2.05) is 6.08 Å². The highest BCUT2D eigenvalue weighted by atomic mass is 16.6. The Morgan fingerprint density at radius 1 is 1.33 bits per heavy atom. The van der Waals surface area contributed by atoms with Crippen molar-refractivity contribution < 1.29 is 23.8 Å². The summed E-state index contributed by atoms with van der Waals surface area (Å²) in [7, 11) is 0. The number of rotatable bonds is 4. The minimum Gasteiger partial charge on any atom is -0.463 e. The third-order valence-corrected chi connectivity index (χ3v) is 3.26. The van der Waals surface area contributed by atoms with E-state index < -0.39 is 17.5 Å². The molecule has 18 heavy (non-hydrogen) atoms. The van der Waals surface area contributed by atoms with Gasteiger partial charge in [-0.05, 0) is 32.3 Å². The van der Waals surface area contributed by atoms with Gasteiger partial charge in [-0.1, -0.05) is 6.08 Å². The van der Waals surface area contributed by atoms with E-state index in [4.69, 9.17) is 14.2 Å². The van der Waals surface area contributed by atoms with E-state index in [0.29, 0.717) is 0 Å². The van der Waals surface area contributed by atoms with Gasteiger partial charge in [-0.15, -0.1) is 0 Å². The Labute approximate surface area is 106 Å². The first-order chi connectivity index (χ1) is 8.64. The number of carbonyl (C=O) groups excluding carboxylic acids is 2. The zero-order valence-electron chi connectivity index (χ0n) is 10.7. The highest BCUT2D eigenvalue weighted by molar-refractivity contribution is 6.04. The third-order valence-electron chi connectivity index (χ3n) is 3.26. The van der Waals surface area contributed by atoms with Gasteiger partial charge in [0.05, 0.1) is 19.3 Å². The van der Waals surface area contributed by atoms with Gasteiger partial charge < -0.3 is 14.2 Å². The summed E-state index contributed by atoms with van der Waals surface area (Å²) in [5, 5.41) is 0. The van der Waals surface area contributed by atoms with Gasteiger partial charge in [-0.25, -0.2) is 9.59 Å². The molecular weight excluding hydrogens is 236 g/mol. The quantitative estimate of drug-likeness (QED) is 0.430. The maximum absolute atomic E-state index is 12.0. The monoisotopic (exact) mass is 254 g/mol. The molecule has 0 aromatic heterocycles. The lowest BCUT2D eigenvalue weighted by Crippen LogP contribution is -2.49. The van der Waals surface area contributed by atoms with Crippen LogP contribution in [0.25, 0.3) is 0 Å². The second-order valence-electron chi connectivity index (χ2n) is 4.41. The van der Waals surface area contributed by atoms with Crippen molar-refractivity contribution in [1.82, 2.24) is 0 Å². The van der Waals surface area contributed by atoms with Gasteiger partial charge in [0.1, 0.15) is 0 Å². The van der Waals surface area contributed by atoms with Crippen molar-refractivity contribution in [1.29, 1.82) is 0 Å². The van der Waals surface area contributed by atoms with Crippen LogP contribution in [0.3, 0.4) is 0 Å². The zero-order chi connectivity index (χ0) is 13.2. The van der Waals surface area contributed by atoms with Gasteiger partial charge in [-0.3, -0.25) is 0 Å². The lowest BCUT2D eigenvalue weighted by molar-refractivity contribution is -0.188. The van der Waals surface area contributed by atoms with Crippen LogP contribution in [0.15, 0.2) is 11.6 Å². The summed E-state index contributed by atoms with van der Waals surface area (Å²) in [6, 6.07) is 0. The lowest BCUT2D eigenvalue weighted by atomic mass is 9.97. The highest BCUT2D eigenvalue weighted by Gasteiger charge is 2.58. The number of hydrogen-bond donors (Lipinski definition) is 0. The Kier molecular flexibility index (Phi) is 3.71. The Morgan fingerprint density at radius 2 is 1.94 bits per heavy atom. The molecule has 1 heterocycles. The largest absolute Gasteiger partial charge is 0.463 e. The fraction of sp³-hybridized carbons (Fsp3) is 0.692. The Balaban J connectivity index is 2.24. The van der Waals surface area contributed by atoms with E-state index in [2.05, 4.69) is 0 Å². The van der Waals surface area contributed by atoms with Crippen molar-refractivity contribution >= 4 is 11.9 Å². The molecule has 2 rings (SSSR count). The molecule has 5 nitrogen and oxygen atoms in total. The molecule has 1 fully saturated rings. The van der Waals surface area contributed by atoms with Crippen LogP contribution in [0.4, 0.5) is 0 Å². The van der Waals surface area contributed by atoms with Crippen LogP contribution in [0.5, 0.6) is 0 Å². The molecule has 2 aliphatic rings. The van der Waals surface area contributed by atoms with Crippen LogP contribution in [-0.4, -0.2) is 36.9 Å². The molecule has 0 bridgehead atoms. The summed E-state index contributed by atoms with van der Waals surface area (Å²) in [5.41, 5.74) is -0.570. The Hall–Kier alpha value is -1.36. The van der Waals surface area contributed by atoms with Gasteiger partial charge in [0.25, 0.3) is 5.60 Å². The molecule has 5 heteroatoms. The van der Waals surface area contributed by atoms with Crippen molar-refractivity contribution in [3.05, 3.63) is 11.6 Å². The van der Waals surface area contributed by atoms with E-state index >= 15 is 0 Å². The smallest absolute Gasteiger partial charge is 0.350 e. The van der Waals surface area contributed by atoms with Crippen molar-refractivity contribution in [3.8, 4) is 0 Å². The van der Waals surface area contributed by atoms with E-state index in [9.17, 15) is 9.59 Å². The van der Waals surface area contributed by atoms with E-state index in [1.165, 1.54) is 0 Å². The molecule has 100 valence electrons. The van der Waals surface area contributed by atoms with E-state index in [0.717, 1.165) is 18.4 Å². The van der Waals surface area contributed by atoms with Crippen molar-refractivity contribution in [2.45, 2.75) is 44.8 Å². The standard InChI is InChI=1S/C13H18O5/c1-3-16-11(14)13(12(15)17-4-2)8-9-6-5-7-10(9)18-13/h6,10H,3-5,7-8H2,1-2H3. The van der Waals surface area contributed by atoms with Crippen LogP contribution in [-0.2, 0) is 23.8 Å². The summed E-state index contributed by atoms with van der Waals surface area (Å²) in [5.74, 6) is -1.28. The molecule has 1 aliphatic heterocycles. The molecule has 0 N–H and O–H groups in total. The topological polar surface area (TPSA) is 61.8 Å². The summed E-state index contributed by atoms with van der Waals surface area (Å²) in [4.78, 5) is 24.1. The van der Waals surface area contributed by atoms with Crippen LogP contribution in [0.2, 0.25) is 0 Å². The van der Waals surface area contributed by atoms with Gasteiger partial charge in [0, 0.05) is 6.42 Å². The average molecular weight is 254 g/mol. The summed E-state index contributed by atoms with van der Waals surface area (Å²) >= 11 is 0. The Bertz CT molecular complexity index is 367. The third kappa shape index (κ3) is 2.03. The molecule has 0 radical (unpaired) electrons. The number of fused-ring (bicyclic) bond motifs is 1. The van der Waals surface area contributed by atoms with Crippen LogP contribution in [0.1, 0.15) is 33.1 Å². The molecule has 1 atom stereocenters. The number of esters is 2. The van der Waals surface area contributed by atoms with Gasteiger partial charge in [0.15, 0.2) is 0 Å². The van der Waals surface area contributed by atoms with Crippen molar-refractivity contribution in [2.24, 2.45) is 0 Å². The summed E-state index contributed by atoms with van der Waals surface area (Å²) in [6.07, 6.45) is 3.90. The molecule has 1 saturated heterocycles. The molecule has 0 aromatic rings. The predicted octanol–water partition coefficient (Wildman–Crippen LogP) is 1.36. The molecule has 0 aromatic carbocycles. The number of hydrogen-bond acceptors (Lipinski definition) is 5.